The van der Waals surface area contributed by atoms with E-state index in [-0.39, 0.29) is 5.56 Å². The third-order valence-electron chi connectivity index (χ3n) is 3.75. The fraction of sp³-hybridized carbons (Fsp3) is 0.286. The average Bonchev–Trinajstić information content (AvgIpc) is 2.77. The van der Waals surface area contributed by atoms with Crippen LogP contribution in [0.25, 0.3) is 16.8 Å². The third-order valence-corrected chi connectivity index (χ3v) is 3.75. The van der Waals surface area contributed by atoms with E-state index in [1.165, 1.54) is 0 Å². The molecule has 1 aliphatic carbocycles. The molecule has 0 radical (unpaired) electrons. The van der Waals surface area contributed by atoms with Gasteiger partial charge in [0, 0.05) is 11.3 Å². The zero-order chi connectivity index (χ0) is 12.1. The standard InChI is InChI=1S/C14H13N3O/c18-13-9-5-1-2-6-10(9)15-14-16-11-7-3-4-8-12(11)17(13)14/h3-4,7-8H,1-2,5-6H2,(H,15,16). The van der Waals surface area contributed by atoms with Crippen LogP contribution in [0.15, 0.2) is 29.1 Å². The van der Waals surface area contributed by atoms with Gasteiger partial charge in [-0.25, -0.2) is 9.38 Å². The van der Waals surface area contributed by atoms with Crippen molar-refractivity contribution in [3.63, 3.8) is 0 Å². The highest BCUT2D eigenvalue weighted by molar-refractivity contribution is 5.79. The lowest BCUT2D eigenvalue weighted by Gasteiger charge is -2.14. The summed E-state index contributed by atoms with van der Waals surface area (Å²) in [6.45, 7) is 0. The van der Waals surface area contributed by atoms with Crippen LogP contribution in [0.2, 0.25) is 0 Å². The van der Waals surface area contributed by atoms with Gasteiger partial charge in [-0.3, -0.25) is 4.79 Å². The van der Waals surface area contributed by atoms with Crippen molar-refractivity contribution in [1.29, 1.82) is 0 Å². The Morgan fingerprint density at radius 2 is 2.00 bits per heavy atom. The topological polar surface area (TPSA) is 50.2 Å². The molecule has 90 valence electrons. The minimum absolute atomic E-state index is 0.104. The van der Waals surface area contributed by atoms with Crippen molar-refractivity contribution in [2.45, 2.75) is 25.7 Å². The molecule has 0 saturated carbocycles. The summed E-state index contributed by atoms with van der Waals surface area (Å²) in [5.41, 5.74) is 3.88. The number of nitrogens with zero attached hydrogens (tertiary/aromatic N) is 2. The third kappa shape index (κ3) is 1.20. The van der Waals surface area contributed by atoms with Crippen LogP contribution >= 0.6 is 0 Å². The van der Waals surface area contributed by atoms with E-state index in [1.54, 1.807) is 4.40 Å². The molecule has 0 amide bonds. The first-order valence-electron chi connectivity index (χ1n) is 6.36. The minimum Gasteiger partial charge on any atom is -0.328 e. The van der Waals surface area contributed by atoms with Gasteiger partial charge >= 0.3 is 0 Å². The summed E-state index contributed by atoms with van der Waals surface area (Å²) >= 11 is 0. The molecule has 18 heavy (non-hydrogen) atoms. The average molecular weight is 239 g/mol. The van der Waals surface area contributed by atoms with E-state index in [0.29, 0.717) is 5.78 Å². The van der Waals surface area contributed by atoms with Gasteiger partial charge in [-0.1, -0.05) is 12.1 Å². The summed E-state index contributed by atoms with van der Waals surface area (Å²) in [5, 5.41) is 0. The second kappa shape index (κ2) is 3.45. The SMILES string of the molecule is O=c1c2c([nH]c3nc4ccccc4n13)CCCC2. The van der Waals surface area contributed by atoms with Gasteiger partial charge in [-0.05, 0) is 37.8 Å². The smallest absolute Gasteiger partial charge is 0.262 e. The molecule has 0 aliphatic heterocycles. The maximum Gasteiger partial charge on any atom is 0.262 e. The van der Waals surface area contributed by atoms with Crippen molar-refractivity contribution in [2.75, 3.05) is 0 Å². The van der Waals surface area contributed by atoms with E-state index in [0.717, 1.165) is 48.0 Å². The van der Waals surface area contributed by atoms with Crippen molar-refractivity contribution >= 4 is 16.8 Å². The maximum absolute atomic E-state index is 12.6. The molecule has 1 aliphatic rings. The number of aromatic nitrogens is 3. The predicted octanol–water partition coefficient (Wildman–Crippen LogP) is 2.05. The van der Waals surface area contributed by atoms with Crippen molar-refractivity contribution in [3.05, 3.63) is 45.9 Å². The zero-order valence-electron chi connectivity index (χ0n) is 9.94. The Hall–Kier alpha value is -2.10. The summed E-state index contributed by atoms with van der Waals surface area (Å²) in [4.78, 5) is 20.4. The molecular weight excluding hydrogens is 226 g/mol. The summed E-state index contributed by atoms with van der Waals surface area (Å²) in [6, 6.07) is 7.77. The van der Waals surface area contributed by atoms with Crippen LogP contribution in [0.3, 0.4) is 0 Å². The van der Waals surface area contributed by atoms with E-state index in [1.807, 2.05) is 24.3 Å². The summed E-state index contributed by atoms with van der Waals surface area (Å²) in [7, 11) is 0. The van der Waals surface area contributed by atoms with Crippen LogP contribution in [0, 0.1) is 0 Å². The van der Waals surface area contributed by atoms with Gasteiger partial charge in [0.05, 0.1) is 11.0 Å². The highest BCUT2D eigenvalue weighted by Gasteiger charge is 2.17. The van der Waals surface area contributed by atoms with E-state index < -0.39 is 0 Å². The van der Waals surface area contributed by atoms with E-state index >= 15 is 0 Å². The number of benzene rings is 1. The molecule has 2 heterocycles. The van der Waals surface area contributed by atoms with Crippen molar-refractivity contribution < 1.29 is 0 Å². The number of imidazole rings is 1. The number of fused-ring (bicyclic) bond motifs is 4. The van der Waals surface area contributed by atoms with Gasteiger partial charge in [0.2, 0.25) is 5.78 Å². The molecule has 4 rings (SSSR count). The fourth-order valence-corrected chi connectivity index (χ4v) is 2.86. The lowest BCUT2D eigenvalue weighted by molar-refractivity contribution is 0.657. The number of aromatic amines is 1. The monoisotopic (exact) mass is 239 g/mol. The molecule has 2 aromatic heterocycles. The van der Waals surface area contributed by atoms with Gasteiger partial charge in [-0.15, -0.1) is 0 Å². The van der Waals surface area contributed by atoms with Gasteiger partial charge in [0.25, 0.3) is 5.56 Å². The molecule has 0 atom stereocenters. The Balaban J connectivity index is 2.22. The molecule has 4 nitrogen and oxygen atoms in total. The van der Waals surface area contributed by atoms with Crippen molar-refractivity contribution in [3.8, 4) is 0 Å². The van der Waals surface area contributed by atoms with Crippen LogP contribution in [0.4, 0.5) is 0 Å². The molecule has 0 fully saturated rings. The Morgan fingerprint density at radius 3 is 2.94 bits per heavy atom. The van der Waals surface area contributed by atoms with Crippen LogP contribution in [-0.4, -0.2) is 14.4 Å². The number of para-hydroxylation sites is 2. The summed E-state index contributed by atoms with van der Waals surface area (Å²) in [5.74, 6) is 0.668. The highest BCUT2D eigenvalue weighted by atomic mass is 16.1. The second-order valence-electron chi connectivity index (χ2n) is 4.85. The second-order valence-corrected chi connectivity index (χ2v) is 4.85. The lowest BCUT2D eigenvalue weighted by Crippen LogP contribution is -2.24. The van der Waals surface area contributed by atoms with E-state index in [2.05, 4.69) is 9.97 Å². The Bertz CT molecular complexity index is 813. The molecule has 1 aromatic carbocycles. The van der Waals surface area contributed by atoms with Crippen molar-refractivity contribution in [1.82, 2.24) is 14.4 Å². The maximum atomic E-state index is 12.6. The van der Waals surface area contributed by atoms with Crippen LogP contribution in [0.1, 0.15) is 24.1 Å². The van der Waals surface area contributed by atoms with Gasteiger partial charge < -0.3 is 4.98 Å². The number of H-pyrrole nitrogens is 1. The van der Waals surface area contributed by atoms with Crippen LogP contribution < -0.4 is 5.56 Å². The minimum atomic E-state index is 0.104. The quantitative estimate of drug-likeness (QED) is 0.652. The summed E-state index contributed by atoms with van der Waals surface area (Å²) in [6.07, 6.45) is 4.10. The van der Waals surface area contributed by atoms with Gasteiger partial charge in [-0.2, -0.15) is 0 Å². The zero-order valence-corrected chi connectivity index (χ0v) is 9.94. The van der Waals surface area contributed by atoms with E-state index in [9.17, 15) is 4.79 Å². The molecule has 1 N–H and O–H groups in total. The molecule has 0 bridgehead atoms. The Labute approximate surface area is 103 Å². The molecule has 4 heteroatoms. The Morgan fingerprint density at radius 1 is 1.17 bits per heavy atom. The fourth-order valence-electron chi connectivity index (χ4n) is 2.86. The normalized spacial score (nSPS) is 15.1. The predicted molar refractivity (Wildman–Crippen MR) is 70.0 cm³/mol. The van der Waals surface area contributed by atoms with Gasteiger partial charge in [0.1, 0.15) is 0 Å². The number of rotatable bonds is 0. The number of hydrogen-bond acceptors (Lipinski definition) is 2. The van der Waals surface area contributed by atoms with Crippen LogP contribution in [-0.2, 0) is 12.8 Å². The van der Waals surface area contributed by atoms with Crippen molar-refractivity contribution in [2.24, 2.45) is 0 Å². The molecule has 0 spiro atoms. The number of hydrogen-bond donors (Lipinski definition) is 1. The summed E-state index contributed by atoms with van der Waals surface area (Å²) < 4.78 is 1.71. The first-order valence-corrected chi connectivity index (χ1v) is 6.36. The van der Waals surface area contributed by atoms with Crippen LogP contribution in [0.5, 0.6) is 0 Å². The Kier molecular flexibility index (Phi) is 1.89. The lowest BCUT2D eigenvalue weighted by atomic mass is 9.97. The van der Waals surface area contributed by atoms with Gasteiger partial charge in [0.15, 0.2) is 0 Å². The molecule has 3 aromatic rings. The molecule has 0 saturated heterocycles. The van der Waals surface area contributed by atoms with E-state index in [4.69, 9.17) is 0 Å². The molecule has 0 unspecified atom stereocenters. The number of nitrogens with one attached hydrogen (secondary N) is 1. The molecular formula is C14H13N3O. The highest BCUT2D eigenvalue weighted by Crippen LogP contribution is 2.19. The first kappa shape index (κ1) is 9.88. The number of aryl methyl sites for hydroxylation is 1. The first-order chi connectivity index (χ1) is 8.84. The largest absolute Gasteiger partial charge is 0.328 e.